The average molecular weight is 359 g/mol. The number of nitrogens with one attached hydrogen (secondary N) is 1. The van der Waals surface area contributed by atoms with Crippen LogP contribution in [0.3, 0.4) is 0 Å². The monoisotopic (exact) mass is 358 g/mol. The van der Waals surface area contributed by atoms with Crippen molar-refractivity contribution in [3.05, 3.63) is 84.7 Å². The smallest absolute Gasteiger partial charge is 0.0940 e. The molecule has 0 radical (unpaired) electrons. The molecule has 0 fully saturated rings. The second-order valence-electron chi connectivity index (χ2n) is 7.22. The van der Waals surface area contributed by atoms with Gasteiger partial charge in [0, 0.05) is 25.6 Å². The molecule has 2 rings (SSSR count). The standard InChI is InChI=1S/C25H30N2/c1-8-20-13-11-14-21(17-20)22-15-12-16-24(18-22)25(5,23(9-2)10-3)26-19(4)27(6)7/h1,9,11-18,23,26H,2,4,10H2,3,5-7H3/t23-,25+/m1/s1. The van der Waals surface area contributed by atoms with Crippen molar-refractivity contribution < 1.29 is 0 Å². The van der Waals surface area contributed by atoms with Crippen LogP contribution < -0.4 is 5.32 Å². The molecule has 0 amide bonds. The van der Waals surface area contributed by atoms with Gasteiger partial charge in [-0.2, -0.15) is 0 Å². The Morgan fingerprint density at radius 3 is 2.41 bits per heavy atom. The van der Waals surface area contributed by atoms with Crippen LogP contribution in [0.5, 0.6) is 0 Å². The van der Waals surface area contributed by atoms with Gasteiger partial charge in [0.05, 0.1) is 11.4 Å². The van der Waals surface area contributed by atoms with Crippen LogP contribution in [0.4, 0.5) is 0 Å². The Bertz CT molecular complexity index is 857. The highest BCUT2D eigenvalue weighted by Crippen LogP contribution is 2.35. The number of terminal acetylenes is 1. The van der Waals surface area contributed by atoms with Gasteiger partial charge in [-0.05, 0) is 48.2 Å². The summed E-state index contributed by atoms with van der Waals surface area (Å²) in [7, 11) is 3.98. The van der Waals surface area contributed by atoms with Crippen LogP contribution in [0.1, 0.15) is 31.4 Å². The van der Waals surface area contributed by atoms with E-state index in [2.05, 4.69) is 68.6 Å². The van der Waals surface area contributed by atoms with Gasteiger partial charge >= 0.3 is 0 Å². The number of rotatable bonds is 8. The van der Waals surface area contributed by atoms with Crippen molar-refractivity contribution in [3.8, 4) is 23.5 Å². The fourth-order valence-electron chi connectivity index (χ4n) is 3.41. The lowest BCUT2D eigenvalue weighted by Crippen LogP contribution is -2.47. The van der Waals surface area contributed by atoms with Crippen LogP contribution in [0.15, 0.2) is 73.6 Å². The Kier molecular flexibility index (Phi) is 6.53. The Balaban J connectivity index is 2.54. The third-order valence-corrected chi connectivity index (χ3v) is 5.23. The molecule has 0 saturated carbocycles. The molecule has 140 valence electrons. The van der Waals surface area contributed by atoms with E-state index in [4.69, 9.17) is 6.42 Å². The molecule has 2 atom stereocenters. The molecule has 0 aliphatic heterocycles. The molecule has 27 heavy (non-hydrogen) atoms. The molecule has 0 bridgehead atoms. The van der Waals surface area contributed by atoms with Gasteiger partial charge in [-0.15, -0.1) is 13.0 Å². The second-order valence-corrected chi connectivity index (χ2v) is 7.22. The first kappa shape index (κ1) is 20.4. The molecule has 0 heterocycles. The molecule has 0 saturated heterocycles. The van der Waals surface area contributed by atoms with Gasteiger partial charge in [0.2, 0.25) is 0 Å². The van der Waals surface area contributed by atoms with E-state index in [-0.39, 0.29) is 11.5 Å². The predicted octanol–water partition coefficient (Wildman–Crippen LogP) is 5.38. The van der Waals surface area contributed by atoms with Crippen molar-refractivity contribution in [3.63, 3.8) is 0 Å². The van der Waals surface area contributed by atoms with Gasteiger partial charge in [-0.3, -0.25) is 0 Å². The predicted molar refractivity (Wildman–Crippen MR) is 117 cm³/mol. The van der Waals surface area contributed by atoms with E-state index in [1.807, 2.05) is 43.3 Å². The van der Waals surface area contributed by atoms with Gasteiger partial charge in [0.15, 0.2) is 0 Å². The SMILES string of the molecule is C#Cc1cccc(-c2cccc([C@@](C)(NC(=C)N(C)C)[C@H](C=C)CC)c2)c1. The summed E-state index contributed by atoms with van der Waals surface area (Å²) in [6, 6.07) is 16.7. The molecule has 2 nitrogen and oxygen atoms in total. The van der Waals surface area contributed by atoms with Crippen LogP contribution in [0, 0.1) is 18.3 Å². The van der Waals surface area contributed by atoms with E-state index in [0.29, 0.717) is 0 Å². The van der Waals surface area contributed by atoms with E-state index in [1.165, 1.54) is 5.56 Å². The normalized spacial score (nSPS) is 13.7. The Morgan fingerprint density at radius 1 is 1.22 bits per heavy atom. The quantitative estimate of drug-likeness (QED) is 0.503. The molecule has 0 aliphatic rings. The van der Waals surface area contributed by atoms with Crippen molar-refractivity contribution >= 4 is 0 Å². The molecule has 0 aromatic heterocycles. The van der Waals surface area contributed by atoms with Crippen LogP contribution in [0.25, 0.3) is 11.1 Å². The third-order valence-electron chi connectivity index (χ3n) is 5.23. The first-order chi connectivity index (χ1) is 12.8. The highest BCUT2D eigenvalue weighted by Gasteiger charge is 2.34. The van der Waals surface area contributed by atoms with E-state index in [0.717, 1.165) is 28.9 Å². The number of nitrogens with zero attached hydrogens (tertiary/aromatic N) is 1. The van der Waals surface area contributed by atoms with E-state index in [1.54, 1.807) is 0 Å². The molecule has 2 aromatic rings. The van der Waals surface area contributed by atoms with Crippen LogP contribution in [-0.2, 0) is 5.54 Å². The summed E-state index contributed by atoms with van der Waals surface area (Å²) in [5.74, 6) is 3.84. The van der Waals surface area contributed by atoms with Crippen molar-refractivity contribution in [1.29, 1.82) is 0 Å². The minimum atomic E-state index is -0.322. The maximum atomic E-state index is 5.57. The average Bonchev–Trinajstić information content (AvgIpc) is 2.68. The topological polar surface area (TPSA) is 15.3 Å². The van der Waals surface area contributed by atoms with Gasteiger partial charge in [0.1, 0.15) is 0 Å². The first-order valence-corrected chi connectivity index (χ1v) is 9.30. The third kappa shape index (κ3) is 4.44. The minimum absolute atomic E-state index is 0.251. The van der Waals surface area contributed by atoms with E-state index in [9.17, 15) is 0 Å². The maximum absolute atomic E-state index is 5.57. The molecule has 2 aromatic carbocycles. The van der Waals surface area contributed by atoms with Crippen LogP contribution >= 0.6 is 0 Å². The van der Waals surface area contributed by atoms with E-state index < -0.39 is 0 Å². The Morgan fingerprint density at radius 2 is 1.85 bits per heavy atom. The minimum Gasteiger partial charge on any atom is -0.365 e. The fourth-order valence-corrected chi connectivity index (χ4v) is 3.41. The summed E-state index contributed by atoms with van der Waals surface area (Å²) in [6.07, 6.45) is 8.58. The highest BCUT2D eigenvalue weighted by molar-refractivity contribution is 5.66. The molecule has 0 spiro atoms. The number of hydrogen-bond acceptors (Lipinski definition) is 2. The zero-order chi connectivity index (χ0) is 20.0. The van der Waals surface area contributed by atoms with Crippen molar-refractivity contribution in [2.45, 2.75) is 25.8 Å². The Hall–Kier alpha value is -2.92. The largest absolute Gasteiger partial charge is 0.365 e. The molecular formula is C25H30N2. The number of hydrogen-bond donors (Lipinski definition) is 1. The summed E-state index contributed by atoms with van der Waals surface area (Å²) < 4.78 is 0. The van der Waals surface area contributed by atoms with Gasteiger partial charge in [-0.25, -0.2) is 0 Å². The molecule has 0 aliphatic carbocycles. The molecule has 2 heteroatoms. The lowest BCUT2D eigenvalue weighted by Gasteiger charge is -2.40. The lowest BCUT2D eigenvalue weighted by molar-refractivity contribution is 0.262. The van der Waals surface area contributed by atoms with Gasteiger partial charge in [-0.1, -0.05) is 55.8 Å². The Labute approximate surface area is 164 Å². The molecule has 1 N–H and O–H groups in total. The summed E-state index contributed by atoms with van der Waals surface area (Å²) in [5, 5.41) is 3.64. The summed E-state index contributed by atoms with van der Waals surface area (Å²) in [5.41, 5.74) is 4.02. The second kappa shape index (κ2) is 8.64. The first-order valence-electron chi connectivity index (χ1n) is 9.30. The molecule has 0 unspecified atom stereocenters. The highest BCUT2D eigenvalue weighted by atomic mass is 15.2. The summed E-state index contributed by atoms with van der Waals surface area (Å²) in [6.45, 7) is 12.7. The van der Waals surface area contributed by atoms with Gasteiger partial charge < -0.3 is 10.2 Å². The van der Waals surface area contributed by atoms with Crippen molar-refractivity contribution in [1.82, 2.24) is 10.2 Å². The van der Waals surface area contributed by atoms with Crippen LogP contribution in [-0.4, -0.2) is 19.0 Å². The molecular weight excluding hydrogens is 328 g/mol. The lowest BCUT2D eigenvalue weighted by atomic mass is 9.77. The zero-order valence-electron chi connectivity index (χ0n) is 16.9. The van der Waals surface area contributed by atoms with Crippen molar-refractivity contribution in [2.24, 2.45) is 5.92 Å². The van der Waals surface area contributed by atoms with Crippen molar-refractivity contribution in [2.75, 3.05) is 14.1 Å². The summed E-state index contributed by atoms with van der Waals surface area (Å²) >= 11 is 0. The van der Waals surface area contributed by atoms with Crippen LogP contribution in [0.2, 0.25) is 0 Å². The number of benzene rings is 2. The summed E-state index contributed by atoms with van der Waals surface area (Å²) in [4.78, 5) is 1.99. The van der Waals surface area contributed by atoms with Gasteiger partial charge in [0.25, 0.3) is 0 Å². The zero-order valence-corrected chi connectivity index (χ0v) is 16.9. The van der Waals surface area contributed by atoms with E-state index >= 15 is 0 Å². The maximum Gasteiger partial charge on any atom is 0.0940 e. The fraction of sp³-hybridized carbons (Fsp3) is 0.280.